The Hall–Kier alpha value is -2.84. The predicted octanol–water partition coefficient (Wildman–Crippen LogP) is 4.86. The van der Waals surface area contributed by atoms with Gasteiger partial charge in [0.15, 0.2) is 5.13 Å². The second-order valence-corrected chi connectivity index (χ2v) is 7.48. The van der Waals surface area contributed by atoms with Gasteiger partial charge in [-0.2, -0.15) is 16.3 Å². The molecule has 0 spiro atoms. The van der Waals surface area contributed by atoms with E-state index in [1.165, 1.54) is 11.3 Å². The van der Waals surface area contributed by atoms with Crippen LogP contribution >= 0.6 is 22.7 Å². The minimum absolute atomic E-state index is 0.0640. The molecule has 8 heteroatoms. The molecule has 1 amide bonds. The summed E-state index contributed by atoms with van der Waals surface area (Å²) < 4.78 is 5.29. The van der Waals surface area contributed by atoms with Gasteiger partial charge in [-0.3, -0.25) is 9.69 Å². The third kappa shape index (κ3) is 3.96. The van der Waals surface area contributed by atoms with Gasteiger partial charge in [-0.15, -0.1) is 11.3 Å². The van der Waals surface area contributed by atoms with Gasteiger partial charge in [0, 0.05) is 29.2 Å². The standard InChI is InChI=1S/C19H16N4O2S2/c1-13-11-27-19(20-13)23(15-5-3-2-4-6-15)17(24)8-7-16-21-18(22-25-16)14-9-10-26-12-14/h2-6,9-12H,7-8H2,1H3. The van der Waals surface area contributed by atoms with E-state index in [1.54, 1.807) is 16.2 Å². The molecule has 0 bridgehead atoms. The molecule has 0 aliphatic heterocycles. The summed E-state index contributed by atoms with van der Waals surface area (Å²) in [4.78, 5) is 23.5. The van der Waals surface area contributed by atoms with E-state index in [4.69, 9.17) is 4.52 Å². The number of para-hydroxylation sites is 1. The minimum Gasteiger partial charge on any atom is -0.339 e. The van der Waals surface area contributed by atoms with E-state index < -0.39 is 0 Å². The maximum Gasteiger partial charge on any atom is 0.233 e. The van der Waals surface area contributed by atoms with Crippen molar-refractivity contribution in [2.24, 2.45) is 0 Å². The molecular weight excluding hydrogens is 380 g/mol. The Morgan fingerprint density at radius 3 is 2.70 bits per heavy atom. The number of benzene rings is 1. The first-order valence-electron chi connectivity index (χ1n) is 8.36. The normalized spacial score (nSPS) is 10.9. The van der Waals surface area contributed by atoms with E-state index in [9.17, 15) is 4.79 Å². The Balaban J connectivity index is 1.51. The van der Waals surface area contributed by atoms with Gasteiger partial charge in [0.25, 0.3) is 0 Å². The summed E-state index contributed by atoms with van der Waals surface area (Å²) in [7, 11) is 0. The second kappa shape index (κ2) is 7.81. The summed E-state index contributed by atoms with van der Waals surface area (Å²) in [5.74, 6) is 0.938. The third-order valence-corrected chi connectivity index (χ3v) is 5.49. The molecule has 0 atom stereocenters. The van der Waals surface area contributed by atoms with Crippen LogP contribution in [0.3, 0.4) is 0 Å². The van der Waals surface area contributed by atoms with Crippen LogP contribution in [-0.4, -0.2) is 21.0 Å². The highest BCUT2D eigenvalue weighted by atomic mass is 32.1. The van der Waals surface area contributed by atoms with Crippen molar-refractivity contribution in [2.45, 2.75) is 19.8 Å². The van der Waals surface area contributed by atoms with Crippen molar-refractivity contribution in [1.29, 1.82) is 0 Å². The average Bonchev–Trinajstić information content (AvgIpc) is 3.43. The molecule has 6 nitrogen and oxygen atoms in total. The van der Waals surface area contributed by atoms with Crippen LogP contribution in [0.4, 0.5) is 10.8 Å². The van der Waals surface area contributed by atoms with Crippen LogP contribution < -0.4 is 4.90 Å². The number of carbonyl (C=O) groups is 1. The predicted molar refractivity (Wildman–Crippen MR) is 106 cm³/mol. The Morgan fingerprint density at radius 1 is 1.15 bits per heavy atom. The number of thiazole rings is 1. The van der Waals surface area contributed by atoms with E-state index in [0.29, 0.717) is 23.3 Å². The molecule has 0 saturated carbocycles. The SMILES string of the molecule is Cc1csc(N(C(=O)CCc2nc(-c3ccsc3)no2)c2ccccc2)n1. The molecule has 0 unspecified atom stereocenters. The number of nitrogens with zero attached hydrogens (tertiary/aromatic N) is 4. The number of carbonyl (C=O) groups excluding carboxylic acids is 1. The fraction of sp³-hybridized carbons (Fsp3) is 0.158. The van der Waals surface area contributed by atoms with Crippen LogP contribution in [0.5, 0.6) is 0 Å². The maximum atomic E-state index is 13.0. The first-order chi connectivity index (χ1) is 13.2. The van der Waals surface area contributed by atoms with Gasteiger partial charge >= 0.3 is 0 Å². The number of anilines is 2. The first kappa shape index (κ1) is 17.6. The lowest BCUT2D eigenvalue weighted by Crippen LogP contribution is -2.26. The summed E-state index contributed by atoms with van der Waals surface area (Å²) >= 11 is 3.02. The Morgan fingerprint density at radius 2 is 2.00 bits per heavy atom. The van der Waals surface area contributed by atoms with E-state index in [-0.39, 0.29) is 12.3 Å². The molecule has 0 radical (unpaired) electrons. The van der Waals surface area contributed by atoms with Crippen molar-refractivity contribution >= 4 is 39.4 Å². The molecule has 3 aromatic heterocycles. The summed E-state index contributed by atoms with van der Waals surface area (Å²) in [6, 6.07) is 11.5. The number of thiophene rings is 1. The highest BCUT2D eigenvalue weighted by Gasteiger charge is 2.21. The van der Waals surface area contributed by atoms with E-state index in [1.807, 2.05) is 59.5 Å². The monoisotopic (exact) mass is 396 g/mol. The molecular formula is C19H16N4O2S2. The van der Waals surface area contributed by atoms with Crippen LogP contribution in [0.25, 0.3) is 11.4 Å². The first-order valence-corrected chi connectivity index (χ1v) is 10.2. The Kier molecular flexibility index (Phi) is 5.08. The molecule has 0 aliphatic rings. The van der Waals surface area contributed by atoms with Crippen molar-refractivity contribution in [3.63, 3.8) is 0 Å². The van der Waals surface area contributed by atoms with Crippen LogP contribution in [0, 0.1) is 6.92 Å². The van der Waals surface area contributed by atoms with Crippen molar-refractivity contribution in [3.05, 3.63) is 64.1 Å². The topological polar surface area (TPSA) is 72.1 Å². The summed E-state index contributed by atoms with van der Waals surface area (Å²) in [5, 5.41) is 10.5. The van der Waals surface area contributed by atoms with Crippen molar-refractivity contribution in [2.75, 3.05) is 4.90 Å². The molecule has 0 saturated heterocycles. The highest BCUT2D eigenvalue weighted by molar-refractivity contribution is 7.14. The van der Waals surface area contributed by atoms with Gasteiger partial charge in [-0.05, 0) is 30.5 Å². The van der Waals surface area contributed by atoms with Crippen LogP contribution in [0.2, 0.25) is 0 Å². The molecule has 3 heterocycles. The molecule has 136 valence electrons. The molecule has 0 fully saturated rings. The van der Waals surface area contributed by atoms with E-state index >= 15 is 0 Å². The molecule has 1 aromatic carbocycles. The molecule has 4 rings (SSSR count). The third-order valence-electron chi connectivity index (χ3n) is 3.86. The molecule has 0 aliphatic carbocycles. The van der Waals surface area contributed by atoms with Crippen molar-refractivity contribution < 1.29 is 9.32 Å². The van der Waals surface area contributed by atoms with E-state index in [2.05, 4.69) is 15.1 Å². The Bertz CT molecular complexity index is 1030. The molecule has 4 aromatic rings. The number of rotatable bonds is 6. The van der Waals surface area contributed by atoms with Crippen LogP contribution in [0.15, 0.2) is 57.1 Å². The minimum atomic E-state index is -0.0640. The van der Waals surface area contributed by atoms with Gasteiger partial charge in [0.2, 0.25) is 17.6 Å². The number of hydrogen-bond donors (Lipinski definition) is 0. The zero-order valence-electron chi connectivity index (χ0n) is 14.5. The van der Waals surface area contributed by atoms with Gasteiger partial charge in [0.05, 0.1) is 11.4 Å². The van der Waals surface area contributed by atoms with Gasteiger partial charge in [-0.1, -0.05) is 23.4 Å². The summed E-state index contributed by atoms with van der Waals surface area (Å²) in [6.07, 6.45) is 0.627. The number of hydrogen-bond acceptors (Lipinski definition) is 7. The van der Waals surface area contributed by atoms with E-state index in [0.717, 1.165) is 16.9 Å². The van der Waals surface area contributed by atoms with Crippen molar-refractivity contribution in [1.82, 2.24) is 15.1 Å². The number of amides is 1. The zero-order valence-corrected chi connectivity index (χ0v) is 16.2. The van der Waals surface area contributed by atoms with Crippen molar-refractivity contribution in [3.8, 4) is 11.4 Å². The quantitative estimate of drug-likeness (QED) is 0.465. The maximum absolute atomic E-state index is 13.0. The summed E-state index contributed by atoms with van der Waals surface area (Å²) in [6.45, 7) is 1.91. The average molecular weight is 396 g/mol. The lowest BCUT2D eigenvalue weighted by Gasteiger charge is -2.19. The zero-order chi connectivity index (χ0) is 18.6. The summed E-state index contributed by atoms with van der Waals surface area (Å²) in [5.41, 5.74) is 2.60. The second-order valence-electron chi connectivity index (χ2n) is 5.86. The lowest BCUT2D eigenvalue weighted by molar-refractivity contribution is -0.117. The van der Waals surface area contributed by atoms with Gasteiger partial charge < -0.3 is 4.52 Å². The van der Waals surface area contributed by atoms with Gasteiger partial charge in [0.1, 0.15) is 0 Å². The largest absolute Gasteiger partial charge is 0.339 e. The number of aromatic nitrogens is 3. The highest BCUT2D eigenvalue weighted by Crippen LogP contribution is 2.29. The Labute approximate surface area is 164 Å². The number of aryl methyl sites for hydroxylation is 2. The fourth-order valence-corrected chi connectivity index (χ4v) is 4.05. The smallest absolute Gasteiger partial charge is 0.233 e. The molecule has 27 heavy (non-hydrogen) atoms. The van der Waals surface area contributed by atoms with Gasteiger partial charge in [-0.25, -0.2) is 4.98 Å². The fourth-order valence-electron chi connectivity index (χ4n) is 2.57. The lowest BCUT2D eigenvalue weighted by atomic mass is 10.2. The van der Waals surface area contributed by atoms with Crippen LogP contribution in [0.1, 0.15) is 18.0 Å². The van der Waals surface area contributed by atoms with Crippen LogP contribution in [-0.2, 0) is 11.2 Å². The molecule has 0 N–H and O–H groups in total.